The van der Waals surface area contributed by atoms with E-state index >= 15 is 0 Å². The molecule has 4 heterocycles. The molecule has 2 aliphatic rings. The van der Waals surface area contributed by atoms with Gasteiger partial charge < -0.3 is 14.2 Å². The molecule has 0 saturated carbocycles. The van der Waals surface area contributed by atoms with Gasteiger partial charge in [-0.3, -0.25) is 14.6 Å². The van der Waals surface area contributed by atoms with Crippen LogP contribution >= 0.6 is 0 Å². The van der Waals surface area contributed by atoms with Gasteiger partial charge in [-0.25, -0.2) is 0 Å². The van der Waals surface area contributed by atoms with Crippen LogP contribution in [0.3, 0.4) is 0 Å². The summed E-state index contributed by atoms with van der Waals surface area (Å²) in [6, 6.07) is 5.55. The van der Waals surface area contributed by atoms with Gasteiger partial charge in [-0.2, -0.15) is 0 Å². The van der Waals surface area contributed by atoms with Crippen LogP contribution in [-0.4, -0.2) is 46.2 Å². The Morgan fingerprint density at radius 2 is 2.21 bits per heavy atom. The second-order valence-corrected chi connectivity index (χ2v) is 6.55. The van der Waals surface area contributed by atoms with E-state index in [0.29, 0.717) is 37.5 Å². The molecule has 2 atom stereocenters. The fourth-order valence-corrected chi connectivity index (χ4v) is 3.74. The maximum atomic E-state index is 12.7. The average molecular weight is 325 g/mol. The monoisotopic (exact) mass is 325 g/mol. The first-order valence-electron chi connectivity index (χ1n) is 8.14. The highest BCUT2D eigenvalue weighted by Gasteiger charge is 2.47. The minimum Gasteiger partial charge on any atom is -0.469 e. The molecule has 124 valence electrons. The van der Waals surface area contributed by atoms with E-state index < -0.39 is 0 Å². The number of hydrogen-bond acceptors (Lipinski definition) is 4. The molecule has 2 amide bonds. The summed E-state index contributed by atoms with van der Waals surface area (Å²) in [4.78, 5) is 33.0. The third kappa shape index (κ3) is 2.48. The molecule has 0 aliphatic carbocycles. The zero-order valence-electron chi connectivity index (χ0n) is 13.5. The van der Waals surface area contributed by atoms with Crippen LogP contribution in [0.5, 0.6) is 0 Å². The highest BCUT2D eigenvalue weighted by atomic mass is 16.3. The minimum absolute atomic E-state index is 0.0396. The van der Waals surface area contributed by atoms with Crippen molar-refractivity contribution in [3.63, 3.8) is 0 Å². The Morgan fingerprint density at radius 3 is 2.88 bits per heavy atom. The van der Waals surface area contributed by atoms with Crippen molar-refractivity contribution in [1.82, 2.24) is 14.8 Å². The van der Waals surface area contributed by atoms with Gasteiger partial charge in [0.25, 0.3) is 5.91 Å². The number of aryl methyl sites for hydroxylation is 1. The van der Waals surface area contributed by atoms with E-state index in [1.54, 1.807) is 30.3 Å². The van der Waals surface area contributed by atoms with Crippen LogP contribution < -0.4 is 0 Å². The topological polar surface area (TPSA) is 66.7 Å². The summed E-state index contributed by atoms with van der Waals surface area (Å²) >= 11 is 0. The molecule has 2 aliphatic heterocycles. The lowest BCUT2D eigenvalue weighted by Crippen LogP contribution is -2.35. The standard InChI is InChI=1S/C18H19N3O3/c1-12-15(4-6-24-12)17(22)21-10-14-9-20(18(23)16(14)11-21)8-13-3-2-5-19-7-13/h2-7,14,16H,8-11H2,1H3/t14-,16+/m1/s1. The van der Waals surface area contributed by atoms with Gasteiger partial charge in [0.2, 0.25) is 5.91 Å². The Labute approximate surface area is 140 Å². The molecule has 0 N–H and O–H groups in total. The summed E-state index contributed by atoms with van der Waals surface area (Å²) < 4.78 is 5.22. The Bertz CT molecular complexity index is 771. The van der Waals surface area contributed by atoms with Crippen LogP contribution in [0.4, 0.5) is 0 Å². The summed E-state index contributed by atoms with van der Waals surface area (Å²) in [6.07, 6.45) is 5.05. The summed E-state index contributed by atoms with van der Waals surface area (Å²) in [7, 11) is 0. The number of carbonyl (C=O) groups is 2. The zero-order chi connectivity index (χ0) is 16.7. The molecule has 2 fully saturated rings. The van der Waals surface area contributed by atoms with Crippen molar-refractivity contribution >= 4 is 11.8 Å². The first-order valence-corrected chi connectivity index (χ1v) is 8.14. The Balaban J connectivity index is 1.43. The summed E-state index contributed by atoms with van der Waals surface area (Å²) in [5.74, 6) is 0.857. The Kier molecular flexibility index (Phi) is 3.59. The van der Waals surface area contributed by atoms with Gasteiger partial charge in [0.15, 0.2) is 0 Å². The molecular formula is C18H19N3O3. The predicted molar refractivity (Wildman–Crippen MR) is 86.0 cm³/mol. The number of carbonyl (C=O) groups excluding carboxylic acids is 2. The third-order valence-electron chi connectivity index (χ3n) is 5.00. The number of fused-ring (bicyclic) bond motifs is 1. The molecule has 0 aromatic carbocycles. The van der Waals surface area contributed by atoms with Gasteiger partial charge in [-0.05, 0) is 24.6 Å². The quantitative estimate of drug-likeness (QED) is 0.862. The molecule has 0 bridgehead atoms. The summed E-state index contributed by atoms with van der Waals surface area (Å²) in [5.41, 5.74) is 1.63. The van der Waals surface area contributed by atoms with Crippen LogP contribution in [0.25, 0.3) is 0 Å². The van der Waals surface area contributed by atoms with Gasteiger partial charge in [0.1, 0.15) is 5.76 Å². The number of likely N-dealkylation sites (tertiary alicyclic amines) is 2. The van der Waals surface area contributed by atoms with E-state index in [1.165, 1.54) is 6.26 Å². The second kappa shape index (κ2) is 5.78. The normalized spacial score (nSPS) is 23.0. The third-order valence-corrected chi connectivity index (χ3v) is 5.00. The number of hydrogen-bond donors (Lipinski definition) is 0. The number of aromatic nitrogens is 1. The van der Waals surface area contributed by atoms with Crippen molar-refractivity contribution in [3.8, 4) is 0 Å². The minimum atomic E-state index is -0.0853. The lowest BCUT2D eigenvalue weighted by atomic mass is 10.0. The molecule has 24 heavy (non-hydrogen) atoms. The first kappa shape index (κ1) is 14.9. The highest BCUT2D eigenvalue weighted by Crippen LogP contribution is 2.34. The Hall–Kier alpha value is -2.63. The van der Waals surface area contributed by atoms with Gasteiger partial charge in [-0.1, -0.05) is 6.07 Å². The van der Waals surface area contributed by atoms with Crippen LogP contribution in [-0.2, 0) is 11.3 Å². The van der Waals surface area contributed by atoms with Crippen molar-refractivity contribution in [2.75, 3.05) is 19.6 Å². The van der Waals surface area contributed by atoms with Crippen molar-refractivity contribution in [2.45, 2.75) is 13.5 Å². The van der Waals surface area contributed by atoms with Crippen molar-refractivity contribution in [2.24, 2.45) is 11.8 Å². The van der Waals surface area contributed by atoms with E-state index in [2.05, 4.69) is 4.98 Å². The number of amides is 2. The second-order valence-electron chi connectivity index (χ2n) is 6.55. The molecular weight excluding hydrogens is 306 g/mol. The molecule has 6 nitrogen and oxygen atoms in total. The molecule has 6 heteroatoms. The molecule has 4 rings (SSSR count). The summed E-state index contributed by atoms with van der Waals surface area (Å²) in [6.45, 7) is 4.20. The van der Waals surface area contributed by atoms with E-state index in [-0.39, 0.29) is 23.7 Å². The molecule has 2 aromatic heterocycles. The number of pyridine rings is 1. The van der Waals surface area contributed by atoms with Gasteiger partial charge >= 0.3 is 0 Å². The van der Waals surface area contributed by atoms with Crippen LogP contribution in [0, 0.1) is 18.8 Å². The average Bonchev–Trinajstić information content (AvgIpc) is 3.26. The van der Waals surface area contributed by atoms with E-state index in [4.69, 9.17) is 4.42 Å². The fraction of sp³-hybridized carbons (Fsp3) is 0.389. The highest BCUT2D eigenvalue weighted by molar-refractivity contribution is 5.96. The maximum absolute atomic E-state index is 12.7. The largest absolute Gasteiger partial charge is 0.469 e. The van der Waals surface area contributed by atoms with Gasteiger partial charge in [-0.15, -0.1) is 0 Å². The summed E-state index contributed by atoms with van der Waals surface area (Å²) in [5, 5.41) is 0. The van der Waals surface area contributed by atoms with E-state index in [1.807, 2.05) is 17.0 Å². The predicted octanol–water partition coefficient (Wildman–Crippen LogP) is 1.71. The molecule has 0 unspecified atom stereocenters. The van der Waals surface area contributed by atoms with Crippen LogP contribution in [0.15, 0.2) is 41.3 Å². The SMILES string of the molecule is Cc1occc1C(=O)N1C[C@H]2CN(Cc3cccnc3)C(=O)[C@H]2C1. The lowest BCUT2D eigenvalue weighted by molar-refractivity contribution is -0.131. The van der Waals surface area contributed by atoms with Crippen molar-refractivity contribution < 1.29 is 14.0 Å². The molecule has 2 saturated heterocycles. The number of furan rings is 1. The van der Waals surface area contributed by atoms with Gasteiger partial charge in [0.05, 0.1) is 17.7 Å². The van der Waals surface area contributed by atoms with E-state index in [0.717, 1.165) is 5.56 Å². The first-order chi connectivity index (χ1) is 11.6. The van der Waals surface area contributed by atoms with Crippen LogP contribution in [0.2, 0.25) is 0 Å². The smallest absolute Gasteiger partial charge is 0.257 e. The van der Waals surface area contributed by atoms with Gasteiger partial charge in [0, 0.05) is 44.5 Å². The molecule has 0 radical (unpaired) electrons. The van der Waals surface area contributed by atoms with Crippen molar-refractivity contribution in [3.05, 3.63) is 53.7 Å². The molecule has 0 spiro atoms. The number of rotatable bonds is 3. The number of nitrogens with zero attached hydrogens (tertiary/aromatic N) is 3. The zero-order valence-corrected chi connectivity index (χ0v) is 13.5. The maximum Gasteiger partial charge on any atom is 0.257 e. The fourth-order valence-electron chi connectivity index (χ4n) is 3.74. The van der Waals surface area contributed by atoms with Crippen LogP contribution in [0.1, 0.15) is 21.7 Å². The molecule has 2 aromatic rings. The van der Waals surface area contributed by atoms with Crippen molar-refractivity contribution in [1.29, 1.82) is 0 Å². The Morgan fingerprint density at radius 1 is 1.33 bits per heavy atom. The lowest BCUT2D eigenvalue weighted by Gasteiger charge is -2.21. The van der Waals surface area contributed by atoms with E-state index in [9.17, 15) is 9.59 Å².